The molecular weight excluding hydrogens is 939 g/mol. The number of benzene rings is 7. The van der Waals surface area contributed by atoms with Crippen molar-refractivity contribution in [2.24, 2.45) is 0 Å². The molecule has 0 spiro atoms. The van der Waals surface area contributed by atoms with Crippen molar-refractivity contribution in [1.82, 2.24) is 14.1 Å². The second kappa shape index (κ2) is 15.3. The number of fused-ring (bicyclic) bond motifs is 5. The molecule has 0 atom stereocenters. The number of para-hydroxylation sites is 5. The number of nitrogens with zero attached hydrogens (tertiary/aromatic N) is 6. The first-order valence-corrected chi connectivity index (χ1v) is 20.9. The van der Waals surface area contributed by atoms with E-state index in [-0.39, 0.29) is 33.5 Å². The monoisotopic (exact) mass is 981 g/mol. The predicted octanol–water partition coefficient (Wildman–Crippen LogP) is 11.4. The van der Waals surface area contributed by atoms with E-state index in [1.807, 2.05) is 12.3 Å². The average Bonchev–Trinajstić information content (AvgIpc) is 3.94. The molecule has 0 aliphatic carbocycles. The maximum atomic E-state index is 5.00. The molecule has 11 rings (SSSR count). The topological polar surface area (TPSA) is 33.1 Å². The molecule has 0 saturated heterocycles. The van der Waals surface area contributed by atoms with E-state index in [2.05, 4.69) is 234 Å². The van der Waals surface area contributed by atoms with Crippen LogP contribution < -0.4 is 19.7 Å². The standard InChI is InChI=1S/C54H43BN6.Pt/c1-37-17-16-18-38(2)53(37)55-60(41-21-10-7-11-22-41)49-30-28-42(58-36-57(40-19-8-6-9-20-40)47-25-14-15-26-48(47)58)34-51(49)61(55)43-27-29-45-44-23-12-13-24-46(44)59(50(45)35-43)52-33-39(31-32-56-52)54(3,4)5;/h6-33H,1-5H3;/q-2;. The summed E-state index contributed by atoms with van der Waals surface area (Å²) in [4.78, 5) is 9.91. The third kappa shape index (κ3) is 6.37. The second-order valence-electron chi connectivity index (χ2n) is 17.0. The molecule has 3 aromatic heterocycles. The van der Waals surface area contributed by atoms with Crippen molar-refractivity contribution in [2.45, 2.75) is 40.0 Å². The van der Waals surface area contributed by atoms with Crippen LogP contribution >= 0.6 is 0 Å². The van der Waals surface area contributed by atoms with Crippen LogP contribution in [0.25, 0.3) is 50.0 Å². The Labute approximate surface area is 377 Å². The minimum atomic E-state index is -0.251. The molecule has 7 aromatic carbocycles. The quantitative estimate of drug-likeness (QED) is 0.0946. The summed E-state index contributed by atoms with van der Waals surface area (Å²) in [5, 5.41) is 2.29. The molecule has 0 radical (unpaired) electrons. The van der Waals surface area contributed by atoms with Gasteiger partial charge >= 0.3 is 6.98 Å². The fourth-order valence-electron chi connectivity index (χ4n) is 9.23. The van der Waals surface area contributed by atoms with Gasteiger partial charge in [-0.3, -0.25) is 4.57 Å². The van der Waals surface area contributed by atoms with Gasteiger partial charge in [0.1, 0.15) is 5.82 Å². The molecule has 10 aromatic rings. The van der Waals surface area contributed by atoms with Crippen LogP contribution in [-0.2, 0) is 26.5 Å². The van der Waals surface area contributed by atoms with Gasteiger partial charge in [0, 0.05) is 38.5 Å². The fraction of sp³-hybridized carbons (Fsp3) is 0.111. The maximum absolute atomic E-state index is 5.00. The van der Waals surface area contributed by atoms with Crippen LogP contribution in [0.15, 0.2) is 170 Å². The third-order valence-corrected chi connectivity index (χ3v) is 12.2. The molecule has 62 heavy (non-hydrogen) atoms. The summed E-state index contributed by atoms with van der Waals surface area (Å²) in [5.41, 5.74) is 15.0. The number of anilines is 4. The average molecular weight is 982 g/mol. The van der Waals surface area contributed by atoms with Gasteiger partial charge in [0.2, 0.25) is 0 Å². The third-order valence-electron chi connectivity index (χ3n) is 12.2. The van der Waals surface area contributed by atoms with Crippen molar-refractivity contribution in [2.75, 3.05) is 9.62 Å². The zero-order valence-electron chi connectivity index (χ0n) is 35.2. The zero-order chi connectivity index (χ0) is 41.4. The fourth-order valence-corrected chi connectivity index (χ4v) is 9.23. The van der Waals surface area contributed by atoms with Crippen LogP contribution in [-0.4, -0.2) is 21.1 Å². The van der Waals surface area contributed by atoms with E-state index in [0.717, 1.165) is 72.8 Å². The van der Waals surface area contributed by atoms with Crippen molar-refractivity contribution in [3.63, 3.8) is 0 Å². The Balaban J connectivity index is 0.00000458. The number of imidazole rings is 1. The molecule has 0 unspecified atom stereocenters. The van der Waals surface area contributed by atoms with Gasteiger partial charge in [-0.2, -0.15) is 24.3 Å². The molecule has 304 valence electrons. The Kier molecular flexibility index (Phi) is 9.76. The zero-order valence-corrected chi connectivity index (χ0v) is 37.5. The summed E-state index contributed by atoms with van der Waals surface area (Å²) >= 11 is 0. The second-order valence-corrected chi connectivity index (χ2v) is 17.0. The van der Waals surface area contributed by atoms with Crippen molar-refractivity contribution >= 4 is 68.0 Å². The van der Waals surface area contributed by atoms with Crippen LogP contribution in [0.1, 0.15) is 37.5 Å². The molecule has 1 aliphatic rings. The van der Waals surface area contributed by atoms with Crippen LogP contribution in [0.2, 0.25) is 0 Å². The van der Waals surface area contributed by atoms with E-state index in [1.54, 1.807) is 0 Å². The van der Waals surface area contributed by atoms with E-state index >= 15 is 0 Å². The van der Waals surface area contributed by atoms with Gasteiger partial charge in [-0.25, -0.2) is 4.98 Å². The molecule has 0 fully saturated rings. The van der Waals surface area contributed by atoms with Crippen molar-refractivity contribution in [3.05, 3.63) is 205 Å². The van der Waals surface area contributed by atoms with Crippen molar-refractivity contribution in [1.29, 1.82) is 0 Å². The maximum Gasteiger partial charge on any atom is 0.406 e. The van der Waals surface area contributed by atoms with E-state index < -0.39 is 0 Å². The van der Waals surface area contributed by atoms with Gasteiger partial charge in [0.05, 0.1) is 16.7 Å². The number of rotatable bonds is 6. The van der Waals surface area contributed by atoms with E-state index in [9.17, 15) is 0 Å². The smallest absolute Gasteiger partial charge is 0.406 e. The first-order chi connectivity index (χ1) is 29.7. The molecule has 0 bridgehead atoms. The van der Waals surface area contributed by atoms with Gasteiger partial charge in [-0.1, -0.05) is 152 Å². The van der Waals surface area contributed by atoms with E-state index in [1.165, 1.54) is 22.2 Å². The van der Waals surface area contributed by atoms with Crippen LogP contribution in [0.4, 0.5) is 22.7 Å². The van der Waals surface area contributed by atoms with Gasteiger partial charge in [0.25, 0.3) is 6.33 Å². The summed E-state index contributed by atoms with van der Waals surface area (Å²) < 4.78 is 6.55. The SMILES string of the molecule is Cc1cccc(C)c1B1N(c2[c-]c3c(cc2)c2ccccc2n3-c2cc(C(C)(C)C)ccn2)c2[c-]c(-n3[c-][n+](-c4ccccc4)c4ccccc43)ccc2N1c1ccccc1.[Pt]. The minimum Gasteiger partial charge on any atom is -0.415 e. The predicted molar refractivity (Wildman–Crippen MR) is 251 cm³/mol. The number of hydrogen-bond acceptors (Lipinski definition) is 3. The molecule has 0 amide bonds. The Morgan fingerprint density at radius 3 is 2.05 bits per heavy atom. The normalized spacial score (nSPS) is 12.7. The summed E-state index contributed by atoms with van der Waals surface area (Å²) in [6, 6.07) is 66.2. The van der Waals surface area contributed by atoms with Crippen LogP contribution in [0, 0.1) is 32.3 Å². The summed E-state index contributed by atoms with van der Waals surface area (Å²) in [5.74, 6) is 0.877. The Morgan fingerprint density at radius 1 is 0.613 bits per heavy atom. The minimum absolute atomic E-state index is 0. The summed E-state index contributed by atoms with van der Waals surface area (Å²) in [7, 11) is 0. The van der Waals surface area contributed by atoms with Crippen LogP contribution in [0.3, 0.4) is 0 Å². The molecule has 4 heterocycles. The number of pyridine rings is 1. The molecule has 6 nitrogen and oxygen atoms in total. The van der Waals surface area contributed by atoms with Gasteiger partial charge in [0.15, 0.2) is 0 Å². The first kappa shape index (κ1) is 39.4. The van der Waals surface area contributed by atoms with Gasteiger partial charge < -0.3 is 18.8 Å². The largest absolute Gasteiger partial charge is 0.415 e. The van der Waals surface area contributed by atoms with Gasteiger partial charge in [-0.05, 0) is 83.8 Å². The number of aryl methyl sites for hydroxylation is 2. The molecule has 0 N–H and O–H groups in total. The Hall–Kier alpha value is -6.69. The van der Waals surface area contributed by atoms with E-state index in [0.29, 0.717) is 0 Å². The molecule has 0 saturated carbocycles. The van der Waals surface area contributed by atoms with Crippen molar-refractivity contribution in [3.8, 4) is 17.2 Å². The Morgan fingerprint density at radius 2 is 1.29 bits per heavy atom. The molecule has 8 heteroatoms. The van der Waals surface area contributed by atoms with Gasteiger partial charge in [-0.15, -0.1) is 17.5 Å². The van der Waals surface area contributed by atoms with Crippen molar-refractivity contribution < 1.29 is 25.6 Å². The Bertz CT molecular complexity index is 3270. The number of hydrogen-bond donors (Lipinski definition) is 0. The molecular formula is C54H43BN6Pt-2. The molecule has 1 aliphatic heterocycles. The van der Waals surface area contributed by atoms with Crippen LogP contribution in [0.5, 0.6) is 0 Å². The first-order valence-electron chi connectivity index (χ1n) is 20.9. The van der Waals surface area contributed by atoms with E-state index in [4.69, 9.17) is 4.98 Å². The summed E-state index contributed by atoms with van der Waals surface area (Å²) in [6.07, 6.45) is 5.64. The number of aromatic nitrogens is 4. The summed E-state index contributed by atoms with van der Waals surface area (Å²) in [6.45, 7) is 10.9.